The van der Waals surface area contributed by atoms with Gasteiger partial charge in [-0.15, -0.1) is 0 Å². The van der Waals surface area contributed by atoms with E-state index in [0.29, 0.717) is 0 Å². The maximum Gasteiger partial charge on any atom is 3.00 e. The molecule has 0 saturated heterocycles. The molecule has 0 aromatic heterocycles. The molecule has 6 heavy (non-hydrogen) atoms. The molecule has 0 radical (unpaired) electrons. The molecule has 0 N–H and O–H groups in total. The first-order valence-electron chi connectivity index (χ1n) is 0.730. The first-order chi connectivity index (χ1) is 2.00. The van der Waals surface area contributed by atoms with Gasteiger partial charge in [0.2, 0.25) is 0 Å². The molecule has 0 aliphatic heterocycles. The molecule has 0 aromatic rings. The Hall–Kier alpha value is 1.47. The molecule has 4 nitrogen and oxygen atoms in total. The van der Waals surface area contributed by atoms with Gasteiger partial charge in [0, 0.05) is 0 Å². The average Bonchev–Trinajstić information content (AvgIpc) is 0.722. The minimum atomic E-state index is -5.88. The predicted molar refractivity (Wildman–Crippen MR) is 6.44 cm³/mol. The largest absolute Gasteiger partial charge is 3.00 e. The van der Waals surface area contributed by atoms with Crippen LogP contribution in [0.4, 0.5) is 0 Å². The summed E-state index contributed by atoms with van der Waals surface area (Å²) in [5.74, 6) is 0. The Kier molecular flexibility index (Phi) is 6.05. The predicted octanol–water partition coefficient (Wildman–Crippen LogP) is -4.07. The monoisotopic (exact) mass is 314 g/mol. The minimum absolute atomic E-state index is 0. The summed E-state index contributed by atoms with van der Waals surface area (Å²) in [4.78, 5) is 0. The van der Waals surface area contributed by atoms with Crippen LogP contribution >= 0.6 is 0 Å². The maximum atomic E-state index is 8.61. The molecule has 0 atom stereocenters. The summed E-state index contributed by atoms with van der Waals surface area (Å²) in [6.45, 7) is 0. The molecule has 0 unspecified atom stereocenters. The molecule has 0 saturated carbocycles. The Morgan fingerprint density at radius 1 is 1.17 bits per heavy atom. The van der Waals surface area contributed by atoms with Crippen molar-refractivity contribution in [1.29, 1.82) is 0 Å². The smallest absolute Gasteiger partial charge is 3.00 e. The van der Waals surface area contributed by atoms with Crippen molar-refractivity contribution >= 4 is 14.5 Å². The van der Waals surface area contributed by atoms with Crippen LogP contribution in [0.15, 0.2) is 0 Å². The third-order valence-electron chi connectivity index (χ3n) is 0. The Morgan fingerprint density at radius 2 is 1.17 bits per heavy atom. The first kappa shape index (κ1) is 10.5. The van der Waals surface area contributed by atoms with E-state index in [1.165, 1.54) is 0 Å². The Bertz CT molecular complexity index is 53.7. The molecule has 6 heteroatoms. The van der Waals surface area contributed by atoms with Crippen LogP contribution in [0.5, 0.6) is 0 Å². The summed E-state index contributed by atoms with van der Waals surface area (Å²) in [5, 5.41) is 0. The normalized spacial score (nSPS) is 9.83. The van der Waals surface area contributed by atoms with Gasteiger partial charge in [-0.2, -0.15) is 0 Å². The van der Waals surface area contributed by atoms with Crippen molar-refractivity contribution < 1.29 is 52.9 Å². The number of hydrogen-bond acceptors (Lipinski definition) is 4. The van der Waals surface area contributed by atoms with Crippen molar-refractivity contribution in [2.24, 2.45) is 0 Å². The van der Waals surface area contributed by atoms with Crippen molar-refractivity contribution in [3.05, 3.63) is 0 Å². The van der Waals surface area contributed by atoms with Crippen LogP contribution in [0.25, 0.3) is 0 Å². The summed E-state index contributed by atoms with van der Waals surface area (Å²) in [6, 6.07) is 0. The molecule has 0 aliphatic carbocycles. The zero-order valence-electron chi connectivity index (χ0n) is 2.34. The van der Waals surface area contributed by atoms with E-state index in [9.17, 15) is 0 Å². The van der Waals surface area contributed by atoms with E-state index in [-0.39, 0.29) is 36.9 Å². The molecule has 0 fully saturated rings. The quantitative estimate of drug-likeness (QED) is 0.426. The fraction of sp³-hybridized carbons (Fsp3) is 0. The van der Waals surface area contributed by atoms with Gasteiger partial charge in [-0.3, -0.25) is 0 Å². The zero-order valence-corrected chi connectivity index (χ0v) is 5.87. The van der Waals surface area contributed by atoms with Crippen molar-refractivity contribution in [1.82, 2.24) is 0 Å². The fourth-order valence-corrected chi connectivity index (χ4v) is 0. The molecule has 0 aliphatic rings. The van der Waals surface area contributed by atoms with Crippen LogP contribution in [0, 0.1) is 36.9 Å². The van der Waals surface area contributed by atoms with Gasteiger partial charge in [0.15, 0.2) is 0 Å². The maximum absolute atomic E-state index is 8.61. The van der Waals surface area contributed by atoms with Gasteiger partial charge < -0.3 is 0 Å². The second-order valence-corrected chi connectivity index (χ2v) is 2.32. The second kappa shape index (κ2) is 3.47. The van der Waals surface area contributed by atoms with Gasteiger partial charge in [0.1, 0.15) is 0 Å². The van der Waals surface area contributed by atoms with E-state index in [4.69, 9.17) is 16.0 Å². The molecule has 0 spiro atoms. The topological polar surface area (TPSA) is 86.2 Å². The van der Waals surface area contributed by atoms with Crippen molar-refractivity contribution in [3.8, 4) is 0 Å². The van der Waals surface area contributed by atoms with Crippen LogP contribution in [-0.4, -0.2) is 14.5 Å². The number of rotatable bonds is 0. The Balaban J connectivity index is 0. The SMILES string of the molecule is O=[As]([O-])([O-])[O-].[Lu+3]. The van der Waals surface area contributed by atoms with E-state index in [0.717, 1.165) is 0 Å². The van der Waals surface area contributed by atoms with Crippen molar-refractivity contribution in [2.45, 2.75) is 0 Å². The Morgan fingerprint density at radius 3 is 1.17 bits per heavy atom. The average molecular weight is 314 g/mol. The molecule has 0 amide bonds. The number of hydrogen-bond donors (Lipinski definition) is 0. The van der Waals surface area contributed by atoms with E-state index in [1.807, 2.05) is 0 Å². The summed E-state index contributed by atoms with van der Waals surface area (Å²) in [6.07, 6.45) is 0. The molecular formula is AsLuO4. The van der Waals surface area contributed by atoms with Crippen LogP contribution in [0.2, 0.25) is 0 Å². The summed E-state index contributed by atoms with van der Waals surface area (Å²) in [5.41, 5.74) is 0. The van der Waals surface area contributed by atoms with Crippen LogP contribution in [0.1, 0.15) is 0 Å². The second-order valence-electron chi connectivity index (χ2n) is 0.447. The van der Waals surface area contributed by atoms with E-state index >= 15 is 0 Å². The first-order valence-corrected chi connectivity index (χ1v) is 3.79. The zero-order chi connectivity index (χ0) is 4.50. The third-order valence-corrected chi connectivity index (χ3v) is 0. The Labute approximate surface area is 66.7 Å². The van der Waals surface area contributed by atoms with Crippen molar-refractivity contribution in [3.63, 3.8) is 0 Å². The molecule has 0 aromatic carbocycles. The summed E-state index contributed by atoms with van der Waals surface area (Å²) in [7, 11) is 0. The van der Waals surface area contributed by atoms with Crippen LogP contribution in [-0.2, 0) is 3.74 Å². The van der Waals surface area contributed by atoms with Crippen LogP contribution < -0.4 is 12.3 Å². The standard InChI is InChI=1S/AsH3O4.Lu/c2-1(3,4)5;/h(H3,2,3,4,5);/q;+3/p-3. The summed E-state index contributed by atoms with van der Waals surface area (Å²) >= 11 is -5.88. The van der Waals surface area contributed by atoms with Crippen LogP contribution in [0.3, 0.4) is 0 Å². The molecule has 0 heterocycles. The fourth-order valence-electron chi connectivity index (χ4n) is 0. The van der Waals surface area contributed by atoms with Gasteiger partial charge >= 0.3 is 67.4 Å². The van der Waals surface area contributed by atoms with Gasteiger partial charge in [0.25, 0.3) is 0 Å². The third kappa shape index (κ3) is 50.5. The van der Waals surface area contributed by atoms with Gasteiger partial charge in [-0.1, -0.05) is 0 Å². The van der Waals surface area contributed by atoms with E-state index < -0.39 is 14.5 Å². The van der Waals surface area contributed by atoms with Gasteiger partial charge in [0.05, 0.1) is 0 Å². The minimum Gasteiger partial charge on any atom is 3.00 e. The van der Waals surface area contributed by atoms with E-state index in [2.05, 4.69) is 0 Å². The van der Waals surface area contributed by atoms with Crippen molar-refractivity contribution in [2.75, 3.05) is 0 Å². The molecule has 44 valence electrons. The molecule has 0 rings (SSSR count). The van der Waals surface area contributed by atoms with Gasteiger partial charge in [-0.25, -0.2) is 0 Å². The molecule has 0 bridgehead atoms. The van der Waals surface area contributed by atoms with Gasteiger partial charge in [-0.05, 0) is 0 Å². The van der Waals surface area contributed by atoms with E-state index in [1.54, 1.807) is 0 Å². The molecular weight excluding hydrogens is 314 g/mol. The summed E-state index contributed by atoms with van der Waals surface area (Å²) < 4.78 is 34.4.